The number of hydrogen-bond donors (Lipinski definition) is 1. The molecule has 3 aromatic rings. The highest BCUT2D eigenvalue weighted by atomic mass is 32.2. The van der Waals surface area contributed by atoms with Crippen LogP contribution in [-0.2, 0) is 10.5 Å². The predicted molar refractivity (Wildman–Crippen MR) is 105 cm³/mol. The van der Waals surface area contributed by atoms with Gasteiger partial charge in [-0.3, -0.25) is 4.79 Å². The number of hydrogen-bond acceptors (Lipinski definition) is 4. The van der Waals surface area contributed by atoms with Crippen molar-refractivity contribution in [3.05, 3.63) is 66.0 Å². The Bertz CT molecular complexity index is 944. The average Bonchev–Trinajstić information content (AvgIpc) is 3.11. The number of amides is 1. The summed E-state index contributed by atoms with van der Waals surface area (Å²) in [4.78, 5) is 16.7. The number of imidazole rings is 1. The summed E-state index contributed by atoms with van der Waals surface area (Å²) in [6, 6.07) is 17.3. The van der Waals surface area contributed by atoms with E-state index in [0.29, 0.717) is 12.1 Å². The Hall–Kier alpha value is -2.78. The van der Waals surface area contributed by atoms with Gasteiger partial charge in [0, 0.05) is 18.1 Å². The Morgan fingerprint density at radius 1 is 1.27 bits per heavy atom. The Morgan fingerprint density at radius 3 is 2.88 bits per heavy atom. The number of carbonyl (C=O) groups is 1. The zero-order valence-electron chi connectivity index (χ0n) is 14.6. The van der Waals surface area contributed by atoms with E-state index in [4.69, 9.17) is 5.26 Å². The van der Waals surface area contributed by atoms with Crippen molar-refractivity contribution in [2.24, 2.45) is 0 Å². The van der Waals surface area contributed by atoms with Gasteiger partial charge < -0.3 is 9.88 Å². The van der Waals surface area contributed by atoms with Crippen molar-refractivity contribution < 1.29 is 4.79 Å². The van der Waals surface area contributed by atoms with E-state index in [2.05, 4.69) is 16.4 Å². The molecule has 0 aliphatic heterocycles. The van der Waals surface area contributed by atoms with E-state index in [1.165, 1.54) is 0 Å². The summed E-state index contributed by atoms with van der Waals surface area (Å²) in [6.45, 7) is 2.47. The maximum atomic E-state index is 12.4. The Balaban J connectivity index is 1.48. The number of benzene rings is 2. The molecule has 1 unspecified atom stereocenters. The van der Waals surface area contributed by atoms with Crippen LogP contribution >= 0.6 is 11.8 Å². The van der Waals surface area contributed by atoms with Crippen molar-refractivity contribution in [2.75, 3.05) is 12.3 Å². The van der Waals surface area contributed by atoms with Crippen molar-refractivity contribution in [3.63, 3.8) is 0 Å². The van der Waals surface area contributed by atoms with Crippen LogP contribution < -0.4 is 5.32 Å². The third-order valence-corrected chi connectivity index (χ3v) is 5.23. The molecule has 132 valence electrons. The SMILES string of the molecule is CC(C(=O)NCCSCc1ccccc1C#N)n1cnc2ccccc21. The molecule has 0 saturated heterocycles. The Kier molecular flexibility index (Phi) is 5.92. The highest BCUT2D eigenvalue weighted by Gasteiger charge is 2.16. The maximum absolute atomic E-state index is 12.4. The van der Waals surface area contributed by atoms with E-state index >= 15 is 0 Å². The van der Waals surface area contributed by atoms with Crippen LogP contribution in [0, 0.1) is 11.3 Å². The number of nitrogens with one attached hydrogen (secondary N) is 1. The van der Waals surface area contributed by atoms with Gasteiger partial charge >= 0.3 is 0 Å². The van der Waals surface area contributed by atoms with E-state index in [-0.39, 0.29) is 11.9 Å². The summed E-state index contributed by atoms with van der Waals surface area (Å²) in [5.41, 5.74) is 3.59. The summed E-state index contributed by atoms with van der Waals surface area (Å²) in [7, 11) is 0. The van der Waals surface area contributed by atoms with Crippen LogP contribution in [0.2, 0.25) is 0 Å². The Labute approximate surface area is 157 Å². The molecule has 1 heterocycles. The smallest absolute Gasteiger partial charge is 0.242 e. The number of aromatic nitrogens is 2. The van der Waals surface area contributed by atoms with Gasteiger partial charge in [-0.25, -0.2) is 4.98 Å². The van der Waals surface area contributed by atoms with Gasteiger partial charge in [-0.05, 0) is 30.7 Å². The molecule has 26 heavy (non-hydrogen) atoms. The maximum Gasteiger partial charge on any atom is 0.242 e. The van der Waals surface area contributed by atoms with Gasteiger partial charge in [-0.2, -0.15) is 17.0 Å². The van der Waals surface area contributed by atoms with Crippen LogP contribution in [0.4, 0.5) is 0 Å². The highest BCUT2D eigenvalue weighted by Crippen LogP contribution is 2.18. The molecule has 0 bridgehead atoms. The molecule has 6 heteroatoms. The van der Waals surface area contributed by atoms with E-state index in [9.17, 15) is 4.79 Å². The second-order valence-electron chi connectivity index (χ2n) is 5.93. The molecule has 0 radical (unpaired) electrons. The van der Waals surface area contributed by atoms with E-state index < -0.39 is 0 Å². The first kappa shape index (κ1) is 18.0. The van der Waals surface area contributed by atoms with Crippen LogP contribution in [0.5, 0.6) is 0 Å². The van der Waals surface area contributed by atoms with Gasteiger partial charge in [0.05, 0.1) is 29.0 Å². The number of para-hydroxylation sites is 2. The fraction of sp³-hybridized carbons (Fsp3) is 0.250. The number of nitriles is 1. The van der Waals surface area contributed by atoms with Crippen LogP contribution in [0.15, 0.2) is 54.9 Å². The number of carbonyl (C=O) groups excluding carboxylic acids is 1. The first-order chi connectivity index (χ1) is 12.7. The summed E-state index contributed by atoms with van der Waals surface area (Å²) < 4.78 is 1.89. The molecule has 1 aromatic heterocycles. The van der Waals surface area contributed by atoms with Crippen molar-refractivity contribution in [2.45, 2.75) is 18.7 Å². The number of fused-ring (bicyclic) bond motifs is 1. The Morgan fingerprint density at radius 2 is 2.04 bits per heavy atom. The number of nitrogens with zero attached hydrogens (tertiary/aromatic N) is 3. The zero-order valence-corrected chi connectivity index (χ0v) is 15.4. The first-order valence-electron chi connectivity index (χ1n) is 8.45. The minimum Gasteiger partial charge on any atom is -0.353 e. The second kappa shape index (κ2) is 8.54. The minimum atomic E-state index is -0.313. The summed E-state index contributed by atoms with van der Waals surface area (Å²) in [6.07, 6.45) is 1.71. The molecule has 0 aliphatic rings. The lowest BCUT2D eigenvalue weighted by Gasteiger charge is -2.14. The van der Waals surface area contributed by atoms with Gasteiger partial charge in [0.1, 0.15) is 6.04 Å². The van der Waals surface area contributed by atoms with Gasteiger partial charge in [0.15, 0.2) is 0 Å². The van der Waals surface area contributed by atoms with Gasteiger partial charge in [0.25, 0.3) is 0 Å². The number of rotatable bonds is 7. The summed E-state index contributed by atoms with van der Waals surface area (Å²) >= 11 is 1.70. The third-order valence-electron chi connectivity index (χ3n) is 4.22. The summed E-state index contributed by atoms with van der Waals surface area (Å²) in [5, 5.41) is 12.1. The molecule has 1 atom stereocenters. The van der Waals surface area contributed by atoms with Crippen molar-refractivity contribution in [1.82, 2.24) is 14.9 Å². The molecule has 1 amide bonds. The topological polar surface area (TPSA) is 70.7 Å². The van der Waals surface area contributed by atoms with Crippen LogP contribution in [-0.4, -0.2) is 27.8 Å². The molecule has 0 saturated carbocycles. The zero-order chi connectivity index (χ0) is 18.4. The van der Waals surface area contributed by atoms with Crippen LogP contribution in [0.1, 0.15) is 24.1 Å². The van der Waals surface area contributed by atoms with E-state index in [1.54, 1.807) is 18.1 Å². The molecular weight excluding hydrogens is 344 g/mol. The highest BCUT2D eigenvalue weighted by molar-refractivity contribution is 7.98. The summed E-state index contributed by atoms with van der Waals surface area (Å²) in [5.74, 6) is 1.54. The molecule has 5 nitrogen and oxygen atoms in total. The fourth-order valence-corrected chi connectivity index (χ4v) is 3.61. The monoisotopic (exact) mass is 364 g/mol. The van der Waals surface area contributed by atoms with Gasteiger partial charge in [-0.15, -0.1) is 0 Å². The van der Waals surface area contributed by atoms with Crippen LogP contribution in [0.25, 0.3) is 11.0 Å². The standard InChI is InChI=1S/C20H20N4OS/c1-15(24-14-23-18-8-4-5-9-19(18)24)20(25)22-10-11-26-13-17-7-3-2-6-16(17)12-21/h2-9,14-15H,10-11,13H2,1H3,(H,22,25). The molecule has 2 aromatic carbocycles. The quantitative estimate of drug-likeness (QED) is 0.651. The minimum absolute atomic E-state index is 0.0221. The van der Waals surface area contributed by atoms with E-state index in [1.807, 2.05) is 60.0 Å². The third kappa shape index (κ3) is 4.06. The van der Waals surface area contributed by atoms with E-state index in [0.717, 1.165) is 28.1 Å². The van der Waals surface area contributed by atoms with Gasteiger partial charge in [-0.1, -0.05) is 30.3 Å². The molecule has 0 aliphatic carbocycles. The lowest BCUT2D eigenvalue weighted by molar-refractivity contribution is -0.123. The largest absolute Gasteiger partial charge is 0.353 e. The lowest BCUT2D eigenvalue weighted by atomic mass is 10.1. The van der Waals surface area contributed by atoms with Gasteiger partial charge in [0.2, 0.25) is 5.91 Å². The van der Waals surface area contributed by atoms with Crippen LogP contribution in [0.3, 0.4) is 0 Å². The molecule has 0 spiro atoms. The van der Waals surface area contributed by atoms with Crippen molar-refractivity contribution >= 4 is 28.7 Å². The van der Waals surface area contributed by atoms with Crippen molar-refractivity contribution in [3.8, 4) is 6.07 Å². The van der Waals surface area contributed by atoms with Crippen molar-refractivity contribution in [1.29, 1.82) is 5.26 Å². The fourth-order valence-electron chi connectivity index (χ4n) is 2.74. The first-order valence-corrected chi connectivity index (χ1v) is 9.61. The molecular formula is C20H20N4OS. The molecule has 1 N–H and O–H groups in total. The molecule has 3 rings (SSSR count). The lowest BCUT2D eigenvalue weighted by Crippen LogP contribution is -2.32. The molecule has 0 fully saturated rings. The second-order valence-corrected chi connectivity index (χ2v) is 7.03. The normalized spacial score (nSPS) is 11.8. The predicted octanol–water partition coefficient (Wildman–Crippen LogP) is 3.52. The number of thioether (sulfide) groups is 1. The average molecular weight is 364 g/mol.